The van der Waals surface area contributed by atoms with E-state index in [4.69, 9.17) is 9.47 Å². The van der Waals surface area contributed by atoms with Crippen LogP contribution in [0.4, 0.5) is 0 Å². The molecule has 0 aromatic heterocycles. The number of rotatable bonds is 9. The summed E-state index contributed by atoms with van der Waals surface area (Å²) in [5.41, 5.74) is 0. The molecule has 0 aromatic rings. The van der Waals surface area contributed by atoms with Gasteiger partial charge in [0.2, 0.25) is 5.91 Å². The molecular formula is C14H28N2O3. The van der Waals surface area contributed by atoms with Gasteiger partial charge < -0.3 is 19.7 Å². The molecule has 5 nitrogen and oxygen atoms in total. The average Bonchev–Trinajstić information content (AvgIpc) is 2.46. The van der Waals surface area contributed by atoms with Crippen LogP contribution in [0.2, 0.25) is 0 Å². The molecule has 0 aliphatic carbocycles. The summed E-state index contributed by atoms with van der Waals surface area (Å²) in [4.78, 5) is 13.4. The van der Waals surface area contributed by atoms with Crippen molar-refractivity contribution in [1.82, 2.24) is 10.2 Å². The highest BCUT2D eigenvalue weighted by Crippen LogP contribution is 2.12. The van der Waals surface area contributed by atoms with E-state index in [1.54, 1.807) is 0 Å². The minimum atomic E-state index is 0.0718. The second-order valence-electron chi connectivity index (χ2n) is 4.82. The maximum Gasteiger partial charge on any atom is 0.219 e. The molecule has 112 valence electrons. The monoisotopic (exact) mass is 272 g/mol. The van der Waals surface area contributed by atoms with Crippen LogP contribution >= 0.6 is 0 Å². The van der Waals surface area contributed by atoms with Gasteiger partial charge >= 0.3 is 0 Å². The Morgan fingerprint density at radius 1 is 1.21 bits per heavy atom. The summed E-state index contributed by atoms with van der Waals surface area (Å²) in [5, 5.41) is 2.77. The van der Waals surface area contributed by atoms with Crippen LogP contribution in [0.15, 0.2) is 0 Å². The molecule has 0 spiro atoms. The van der Waals surface area contributed by atoms with Crippen LogP contribution in [0.3, 0.4) is 0 Å². The van der Waals surface area contributed by atoms with E-state index in [1.165, 1.54) is 0 Å². The molecule has 1 aliphatic rings. The Balaban J connectivity index is 1.87. The van der Waals surface area contributed by atoms with E-state index < -0.39 is 0 Å². The molecule has 0 unspecified atom stereocenters. The van der Waals surface area contributed by atoms with Crippen LogP contribution in [0.1, 0.15) is 33.1 Å². The van der Waals surface area contributed by atoms with Crippen LogP contribution in [-0.2, 0) is 14.3 Å². The molecule has 5 heteroatoms. The predicted molar refractivity (Wildman–Crippen MR) is 75.2 cm³/mol. The van der Waals surface area contributed by atoms with Crippen LogP contribution in [-0.4, -0.2) is 62.9 Å². The maximum absolute atomic E-state index is 11.0. The molecule has 1 amide bonds. The second kappa shape index (κ2) is 10.2. The van der Waals surface area contributed by atoms with Crippen molar-refractivity contribution in [2.45, 2.75) is 39.2 Å². The lowest BCUT2D eigenvalue weighted by atomic mass is 10.1. The number of carbonyl (C=O) groups excluding carboxylic acids is 1. The van der Waals surface area contributed by atoms with Gasteiger partial charge in [-0.15, -0.1) is 0 Å². The number of hydrogen-bond acceptors (Lipinski definition) is 4. The van der Waals surface area contributed by atoms with Crippen molar-refractivity contribution in [3.63, 3.8) is 0 Å². The van der Waals surface area contributed by atoms with Gasteiger partial charge in [-0.3, -0.25) is 4.79 Å². The van der Waals surface area contributed by atoms with E-state index in [-0.39, 0.29) is 5.91 Å². The Morgan fingerprint density at radius 3 is 2.58 bits per heavy atom. The van der Waals surface area contributed by atoms with Crippen molar-refractivity contribution in [2.75, 3.05) is 46.0 Å². The highest BCUT2D eigenvalue weighted by molar-refractivity contribution is 5.75. The fraction of sp³-hybridized carbons (Fsp3) is 0.929. The van der Waals surface area contributed by atoms with Gasteiger partial charge in [0.1, 0.15) is 0 Å². The van der Waals surface area contributed by atoms with Crippen molar-refractivity contribution in [3.05, 3.63) is 0 Å². The van der Waals surface area contributed by atoms with E-state index in [0.717, 1.165) is 32.5 Å². The van der Waals surface area contributed by atoms with Gasteiger partial charge in [-0.25, -0.2) is 0 Å². The fourth-order valence-electron chi connectivity index (χ4n) is 2.16. The Kier molecular flexibility index (Phi) is 8.79. The Morgan fingerprint density at radius 2 is 1.95 bits per heavy atom. The first-order chi connectivity index (χ1) is 9.26. The van der Waals surface area contributed by atoms with Gasteiger partial charge in [0.15, 0.2) is 0 Å². The van der Waals surface area contributed by atoms with Crippen molar-refractivity contribution < 1.29 is 14.3 Å². The summed E-state index contributed by atoms with van der Waals surface area (Å²) in [7, 11) is 0. The third-order valence-corrected chi connectivity index (χ3v) is 3.45. The molecule has 0 bridgehead atoms. The molecule has 1 saturated heterocycles. The van der Waals surface area contributed by atoms with Crippen LogP contribution in [0, 0.1) is 0 Å². The molecule has 1 N–H and O–H groups in total. The lowest BCUT2D eigenvalue weighted by Gasteiger charge is -2.30. The average molecular weight is 272 g/mol. The molecule has 19 heavy (non-hydrogen) atoms. The number of amides is 1. The quantitative estimate of drug-likeness (QED) is 0.637. The lowest BCUT2D eigenvalue weighted by molar-refractivity contribution is -0.121. The third-order valence-electron chi connectivity index (χ3n) is 3.45. The normalized spacial score (nSPS) is 17.6. The van der Waals surface area contributed by atoms with Gasteiger partial charge in [0, 0.05) is 26.1 Å². The highest BCUT2D eigenvalue weighted by atomic mass is 16.5. The van der Waals surface area contributed by atoms with Crippen molar-refractivity contribution in [1.29, 1.82) is 0 Å². The summed E-state index contributed by atoms with van der Waals surface area (Å²) in [6.45, 7) is 9.87. The van der Waals surface area contributed by atoms with Gasteiger partial charge in [0.05, 0.1) is 25.9 Å². The minimum absolute atomic E-state index is 0.0718. The summed E-state index contributed by atoms with van der Waals surface area (Å²) in [5.74, 6) is 0.0718. The number of ether oxygens (including phenoxy) is 2. The fourth-order valence-corrected chi connectivity index (χ4v) is 2.16. The van der Waals surface area contributed by atoms with Crippen molar-refractivity contribution in [3.8, 4) is 0 Å². The first-order valence-electron chi connectivity index (χ1n) is 7.44. The number of hydrogen-bond donors (Lipinski definition) is 1. The minimum Gasteiger partial charge on any atom is -0.377 e. The molecule has 1 fully saturated rings. The number of likely N-dealkylation sites (tertiary alicyclic amines) is 1. The molecule has 1 rings (SSSR count). The van der Waals surface area contributed by atoms with Gasteiger partial charge in [-0.05, 0) is 19.4 Å². The van der Waals surface area contributed by atoms with Crippen LogP contribution in [0.25, 0.3) is 0 Å². The van der Waals surface area contributed by atoms with Crippen LogP contribution in [0.5, 0.6) is 0 Å². The number of piperidine rings is 1. The molecule has 0 radical (unpaired) electrons. The Labute approximate surface area is 116 Å². The predicted octanol–water partition coefficient (Wildman–Crippen LogP) is 1.03. The largest absolute Gasteiger partial charge is 0.377 e. The summed E-state index contributed by atoms with van der Waals surface area (Å²) >= 11 is 0. The summed E-state index contributed by atoms with van der Waals surface area (Å²) in [6.07, 6.45) is 3.17. The molecule has 1 aliphatic heterocycles. The number of nitrogens with zero attached hydrogens (tertiary/aromatic N) is 1. The maximum atomic E-state index is 11.0. The standard InChI is InChI=1S/C14H28N2O3/c1-3-14(17)15-7-10-18-11-12-19-13-5-8-16(4-2)9-6-13/h13H,3-12H2,1-2H3,(H,15,17). The zero-order valence-electron chi connectivity index (χ0n) is 12.3. The Bertz CT molecular complexity index is 241. The summed E-state index contributed by atoms with van der Waals surface area (Å²) < 4.78 is 11.2. The zero-order valence-corrected chi connectivity index (χ0v) is 12.3. The molecule has 1 heterocycles. The molecular weight excluding hydrogens is 244 g/mol. The first kappa shape index (κ1) is 16.4. The first-order valence-corrected chi connectivity index (χ1v) is 7.44. The van der Waals surface area contributed by atoms with E-state index in [2.05, 4.69) is 17.1 Å². The van der Waals surface area contributed by atoms with Gasteiger partial charge in [0.25, 0.3) is 0 Å². The lowest BCUT2D eigenvalue weighted by Crippen LogP contribution is -2.37. The second-order valence-corrected chi connectivity index (χ2v) is 4.82. The van der Waals surface area contributed by atoms with Crippen molar-refractivity contribution in [2.24, 2.45) is 0 Å². The topological polar surface area (TPSA) is 50.8 Å². The molecule has 0 aromatic carbocycles. The number of carbonyl (C=O) groups is 1. The highest BCUT2D eigenvalue weighted by Gasteiger charge is 2.17. The Hall–Kier alpha value is -0.650. The zero-order chi connectivity index (χ0) is 13.9. The van der Waals surface area contributed by atoms with E-state index >= 15 is 0 Å². The van der Waals surface area contributed by atoms with E-state index in [1.807, 2.05) is 6.92 Å². The van der Waals surface area contributed by atoms with E-state index in [0.29, 0.717) is 38.9 Å². The smallest absolute Gasteiger partial charge is 0.219 e. The summed E-state index contributed by atoms with van der Waals surface area (Å²) in [6, 6.07) is 0. The van der Waals surface area contributed by atoms with Crippen molar-refractivity contribution >= 4 is 5.91 Å². The van der Waals surface area contributed by atoms with Gasteiger partial charge in [-0.2, -0.15) is 0 Å². The van der Waals surface area contributed by atoms with Gasteiger partial charge in [-0.1, -0.05) is 13.8 Å². The molecule has 0 atom stereocenters. The number of nitrogens with one attached hydrogen (secondary N) is 1. The molecule has 0 saturated carbocycles. The van der Waals surface area contributed by atoms with E-state index in [9.17, 15) is 4.79 Å². The van der Waals surface area contributed by atoms with Crippen LogP contribution < -0.4 is 5.32 Å². The SMILES string of the molecule is CCC(=O)NCCOCCOC1CCN(CC)CC1. The third kappa shape index (κ3) is 7.50.